The molecule has 0 saturated carbocycles. The van der Waals surface area contributed by atoms with Gasteiger partial charge < -0.3 is 14.8 Å². The summed E-state index contributed by atoms with van der Waals surface area (Å²) >= 11 is 0. The molecule has 0 aliphatic carbocycles. The van der Waals surface area contributed by atoms with Crippen LogP contribution < -0.4 is 14.8 Å². The van der Waals surface area contributed by atoms with Gasteiger partial charge in [0.1, 0.15) is 17.3 Å². The summed E-state index contributed by atoms with van der Waals surface area (Å²) in [7, 11) is 3.25. The monoisotopic (exact) mass is 372 g/mol. The van der Waals surface area contributed by atoms with Crippen molar-refractivity contribution >= 4 is 11.6 Å². The van der Waals surface area contributed by atoms with Crippen LogP contribution in [0.4, 0.5) is 10.1 Å². The number of methoxy groups -OCH3 is 2. The number of amides is 1. The number of carbonyl (C=O) groups excluding carboxylic acids is 1. The molecule has 1 fully saturated rings. The number of halogens is 1. The Morgan fingerprint density at radius 2 is 2.04 bits per heavy atom. The van der Waals surface area contributed by atoms with Crippen LogP contribution in [0.5, 0.6) is 11.5 Å². The molecule has 0 spiro atoms. The van der Waals surface area contributed by atoms with Crippen molar-refractivity contribution in [3.8, 4) is 11.5 Å². The molecule has 1 amide bonds. The predicted octanol–water partition coefficient (Wildman–Crippen LogP) is 3.93. The number of hydrogen-bond acceptors (Lipinski definition) is 4. The Kier molecular flexibility index (Phi) is 5.96. The van der Waals surface area contributed by atoms with Gasteiger partial charge in [-0.1, -0.05) is 12.1 Å². The highest BCUT2D eigenvalue weighted by atomic mass is 19.1. The average Bonchev–Trinajstić information content (AvgIpc) is 3.11. The van der Waals surface area contributed by atoms with Gasteiger partial charge in [-0.15, -0.1) is 0 Å². The largest absolute Gasteiger partial charge is 0.497 e. The summed E-state index contributed by atoms with van der Waals surface area (Å²) in [6.07, 6.45) is 1.96. The summed E-state index contributed by atoms with van der Waals surface area (Å²) < 4.78 is 24.5. The molecule has 3 rings (SSSR count). The first kappa shape index (κ1) is 19.2. The van der Waals surface area contributed by atoms with E-state index in [-0.39, 0.29) is 24.3 Å². The number of nitrogens with zero attached hydrogens (tertiary/aromatic N) is 1. The molecule has 0 aromatic heterocycles. The highest BCUT2D eigenvalue weighted by Gasteiger charge is 2.29. The molecule has 0 unspecified atom stereocenters. The standard InChI is InChI=1S/C21H25FN2O3/c1-14-6-7-15(11-18(14)22)23-21(25)13-24-10-4-5-19(24)17-9-8-16(26-2)12-20(17)27-3/h6-9,11-12,19H,4-5,10,13H2,1-3H3,(H,23,25)/t19-/m1/s1. The van der Waals surface area contributed by atoms with Gasteiger partial charge in [0.05, 0.1) is 20.8 Å². The molecule has 0 bridgehead atoms. The van der Waals surface area contributed by atoms with Crippen molar-refractivity contribution in [1.29, 1.82) is 0 Å². The van der Waals surface area contributed by atoms with E-state index in [0.29, 0.717) is 11.3 Å². The quantitative estimate of drug-likeness (QED) is 0.835. The molecular formula is C21H25FN2O3. The third kappa shape index (κ3) is 4.39. The minimum absolute atomic E-state index is 0.103. The predicted molar refractivity (Wildman–Crippen MR) is 103 cm³/mol. The first-order valence-electron chi connectivity index (χ1n) is 9.04. The number of benzene rings is 2. The summed E-state index contributed by atoms with van der Waals surface area (Å²) in [6.45, 7) is 2.77. The van der Waals surface area contributed by atoms with Gasteiger partial charge >= 0.3 is 0 Å². The normalized spacial score (nSPS) is 17.0. The van der Waals surface area contributed by atoms with E-state index in [1.807, 2.05) is 18.2 Å². The van der Waals surface area contributed by atoms with Gasteiger partial charge in [-0.25, -0.2) is 4.39 Å². The Morgan fingerprint density at radius 1 is 1.22 bits per heavy atom. The van der Waals surface area contributed by atoms with E-state index >= 15 is 0 Å². The van der Waals surface area contributed by atoms with Crippen LogP contribution in [0.2, 0.25) is 0 Å². The molecule has 6 heteroatoms. The van der Waals surface area contributed by atoms with Crippen molar-refractivity contribution in [2.45, 2.75) is 25.8 Å². The zero-order valence-corrected chi connectivity index (χ0v) is 15.9. The maximum atomic E-state index is 13.7. The van der Waals surface area contributed by atoms with E-state index in [2.05, 4.69) is 10.2 Å². The number of rotatable bonds is 6. The zero-order chi connectivity index (χ0) is 19.4. The lowest BCUT2D eigenvalue weighted by molar-refractivity contribution is -0.117. The van der Waals surface area contributed by atoms with Gasteiger partial charge in [0.2, 0.25) is 5.91 Å². The number of ether oxygens (including phenoxy) is 2. The number of nitrogens with one attached hydrogen (secondary N) is 1. The van der Waals surface area contributed by atoms with Crippen LogP contribution in [-0.2, 0) is 4.79 Å². The average molecular weight is 372 g/mol. The Morgan fingerprint density at radius 3 is 2.74 bits per heavy atom. The van der Waals surface area contributed by atoms with Gasteiger partial charge in [-0.3, -0.25) is 9.69 Å². The molecule has 2 aromatic carbocycles. The van der Waals surface area contributed by atoms with Crippen molar-refractivity contribution < 1.29 is 18.7 Å². The second-order valence-electron chi connectivity index (χ2n) is 6.75. The van der Waals surface area contributed by atoms with Crippen molar-refractivity contribution in [3.63, 3.8) is 0 Å². The molecule has 1 aliphatic rings. The van der Waals surface area contributed by atoms with Crippen LogP contribution in [0.25, 0.3) is 0 Å². The Bertz CT molecular complexity index is 825. The maximum Gasteiger partial charge on any atom is 0.238 e. The van der Waals surface area contributed by atoms with E-state index in [0.717, 1.165) is 36.4 Å². The summed E-state index contributed by atoms with van der Waals surface area (Å²) in [4.78, 5) is 14.6. The van der Waals surface area contributed by atoms with E-state index < -0.39 is 0 Å². The van der Waals surface area contributed by atoms with Crippen molar-refractivity contribution in [2.24, 2.45) is 0 Å². The van der Waals surface area contributed by atoms with Crippen LogP contribution in [0.3, 0.4) is 0 Å². The van der Waals surface area contributed by atoms with Crippen LogP contribution >= 0.6 is 0 Å². The molecule has 1 saturated heterocycles. The van der Waals surface area contributed by atoms with Gasteiger partial charge in [0, 0.05) is 23.4 Å². The third-order valence-corrected chi connectivity index (χ3v) is 4.97. The van der Waals surface area contributed by atoms with E-state index in [4.69, 9.17) is 9.47 Å². The van der Waals surface area contributed by atoms with E-state index in [1.165, 1.54) is 6.07 Å². The number of anilines is 1. The molecule has 1 N–H and O–H groups in total. The van der Waals surface area contributed by atoms with Gasteiger partial charge in [0.25, 0.3) is 0 Å². The minimum Gasteiger partial charge on any atom is -0.497 e. The Balaban J connectivity index is 1.71. The van der Waals surface area contributed by atoms with Crippen LogP contribution in [-0.4, -0.2) is 38.1 Å². The highest BCUT2D eigenvalue weighted by molar-refractivity contribution is 5.92. The molecule has 2 aromatic rings. The fraction of sp³-hybridized carbons (Fsp3) is 0.381. The van der Waals surface area contributed by atoms with Crippen molar-refractivity contribution in [3.05, 3.63) is 53.3 Å². The van der Waals surface area contributed by atoms with Gasteiger partial charge in [-0.05, 0) is 50.1 Å². The second kappa shape index (κ2) is 8.39. The van der Waals surface area contributed by atoms with Gasteiger partial charge in [0.15, 0.2) is 0 Å². The van der Waals surface area contributed by atoms with Crippen molar-refractivity contribution in [2.75, 3.05) is 32.6 Å². The lowest BCUT2D eigenvalue weighted by atomic mass is 10.0. The first-order chi connectivity index (χ1) is 13.0. The fourth-order valence-electron chi connectivity index (χ4n) is 3.52. The number of hydrogen-bond donors (Lipinski definition) is 1. The third-order valence-electron chi connectivity index (χ3n) is 4.97. The molecule has 27 heavy (non-hydrogen) atoms. The molecule has 144 valence electrons. The number of aryl methyl sites for hydroxylation is 1. The van der Waals surface area contributed by atoms with Gasteiger partial charge in [-0.2, -0.15) is 0 Å². The van der Waals surface area contributed by atoms with E-state index in [1.54, 1.807) is 33.3 Å². The first-order valence-corrected chi connectivity index (χ1v) is 9.04. The van der Waals surface area contributed by atoms with Crippen LogP contribution in [0, 0.1) is 12.7 Å². The minimum atomic E-state index is -0.324. The summed E-state index contributed by atoms with van der Waals surface area (Å²) in [5, 5.41) is 2.78. The zero-order valence-electron chi connectivity index (χ0n) is 15.9. The molecule has 1 heterocycles. The highest BCUT2D eigenvalue weighted by Crippen LogP contribution is 2.38. The fourth-order valence-corrected chi connectivity index (χ4v) is 3.52. The molecule has 1 atom stereocenters. The SMILES string of the molecule is COc1ccc([C@H]2CCCN2CC(=O)Nc2ccc(C)c(F)c2)c(OC)c1. The lowest BCUT2D eigenvalue weighted by Gasteiger charge is -2.26. The molecular weight excluding hydrogens is 347 g/mol. The van der Waals surface area contributed by atoms with Crippen LogP contribution in [0.1, 0.15) is 30.0 Å². The number of likely N-dealkylation sites (tertiary alicyclic amines) is 1. The summed E-state index contributed by atoms with van der Waals surface area (Å²) in [5.74, 6) is 1.01. The maximum absolute atomic E-state index is 13.7. The smallest absolute Gasteiger partial charge is 0.238 e. The molecule has 1 aliphatic heterocycles. The molecule has 0 radical (unpaired) electrons. The van der Waals surface area contributed by atoms with E-state index in [9.17, 15) is 9.18 Å². The molecule has 5 nitrogen and oxygen atoms in total. The second-order valence-corrected chi connectivity index (χ2v) is 6.75. The lowest BCUT2D eigenvalue weighted by Crippen LogP contribution is -2.33. The van der Waals surface area contributed by atoms with Crippen molar-refractivity contribution in [1.82, 2.24) is 4.90 Å². The topological polar surface area (TPSA) is 50.8 Å². The van der Waals surface area contributed by atoms with Crippen LogP contribution in [0.15, 0.2) is 36.4 Å². The number of carbonyl (C=O) groups is 1. The Labute approximate surface area is 159 Å². The summed E-state index contributed by atoms with van der Waals surface area (Å²) in [5.41, 5.74) is 2.07. The Hall–Kier alpha value is -2.60. The summed E-state index contributed by atoms with van der Waals surface area (Å²) in [6, 6.07) is 10.6.